The summed E-state index contributed by atoms with van der Waals surface area (Å²) in [5.74, 6) is 0.265. The number of alkyl halides is 1. The SMILES string of the molecule is O=C(NC1CCCCC1)C12CC3CC(F)(C1)CC(C(=O)NC1CCCCC1)(C3)C2. The molecule has 0 aromatic heterocycles. The van der Waals surface area contributed by atoms with Gasteiger partial charge < -0.3 is 10.6 Å². The lowest BCUT2D eigenvalue weighted by atomic mass is 9.42. The summed E-state index contributed by atoms with van der Waals surface area (Å²) in [6, 6.07) is 0.485. The van der Waals surface area contributed by atoms with Crippen LogP contribution in [0.2, 0.25) is 0 Å². The van der Waals surface area contributed by atoms with E-state index in [2.05, 4.69) is 10.6 Å². The molecular formula is C24H37FN2O2. The number of carbonyl (C=O) groups is 2. The Morgan fingerprint density at radius 1 is 0.655 bits per heavy atom. The molecule has 162 valence electrons. The van der Waals surface area contributed by atoms with Gasteiger partial charge in [-0.3, -0.25) is 9.59 Å². The molecule has 0 aromatic carbocycles. The zero-order valence-electron chi connectivity index (χ0n) is 17.7. The van der Waals surface area contributed by atoms with Gasteiger partial charge in [0.25, 0.3) is 0 Å². The van der Waals surface area contributed by atoms with Gasteiger partial charge in [-0.2, -0.15) is 0 Å². The molecule has 4 nitrogen and oxygen atoms in total. The van der Waals surface area contributed by atoms with Gasteiger partial charge in [0.15, 0.2) is 0 Å². The molecule has 5 heteroatoms. The molecule has 6 fully saturated rings. The molecule has 0 saturated heterocycles. The second kappa shape index (κ2) is 7.23. The van der Waals surface area contributed by atoms with Gasteiger partial charge in [-0.15, -0.1) is 0 Å². The Morgan fingerprint density at radius 2 is 1.10 bits per heavy atom. The van der Waals surface area contributed by atoms with E-state index >= 15 is 4.39 Å². The van der Waals surface area contributed by atoms with Crippen molar-refractivity contribution < 1.29 is 14.0 Å². The molecule has 6 rings (SSSR count). The summed E-state index contributed by atoms with van der Waals surface area (Å²) in [5.41, 5.74) is -2.68. The number of carbonyl (C=O) groups excluding carboxylic acids is 2. The molecule has 0 spiro atoms. The normalized spacial score (nSPS) is 42.6. The highest BCUT2D eigenvalue weighted by Crippen LogP contribution is 2.68. The maximum absolute atomic E-state index is 15.9. The van der Waals surface area contributed by atoms with E-state index in [1.165, 1.54) is 38.5 Å². The van der Waals surface area contributed by atoms with Crippen LogP contribution in [0.25, 0.3) is 0 Å². The van der Waals surface area contributed by atoms with Crippen LogP contribution in [0.3, 0.4) is 0 Å². The molecule has 2 amide bonds. The van der Waals surface area contributed by atoms with E-state index < -0.39 is 16.5 Å². The monoisotopic (exact) mass is 404 g/mol. The minimum Gasteiger partial charge on any atom is -0.353 e. The first-order valence-corrected chi connectivity index (χ1v) is 12.2. The zero-order chi connectivity index (χ0) is 20.1. The Balaban J connectivity index is 1.35. The maximum Gasteiger partial charge on any atom is 0.226 e. The van der Waals surface area contributed by atoms with Gasteiger partial charge in [0.2, 0.25) is 11.8 Å². The van der Waals surface area contributed by atoms with Gasteiger partial charge in [0.1, 0.15) is 5.67 Å². The van der Waals surface area contributed by atoms with Crippen LogP contribution in [0.15, 0.2) is 0 Å². The standard InChI is InChI=1S/C24H37FN2O2/c25-24-13-17-11-22(15-24,20(28)26-18-7-3-1-4-8-18)14-23(12-17,16-24)21(29)27-19-9-5-2-6-10-19/h17-19H,1-16H2,(H,26,28)(H,27,29). The summed E-state index contributed by atoms with van der Waals surface area (Å²) in [6.45, 7) is 0. The highest BCUT2D eigenvalue weighted by Gasteiger charge is 2.68. The maximum atomic E-state index is 15.9. The molecule has 4 bridgehead atoms. The molecule has 29 heavy (non-hydrogen) atoms. The summed E-state index contributed by atoms with van der Waals surface area (Å²) in [4.78, 5) is 26.9. The Kier molecular flexibility index (Phi) is 4.94. The zero-order valence-corrected chi connectivity index (χ0v) is 17.7. The van der Waals surface area contributed by atoms with Crippen molar-refractivity contribution >= 4 is 11.8 Å². The molecule has 2 N–H and O–H groups in total. The van der Waals surface area contributed by atoms with Gasteiger partial charge in [0.05, 0.1) is 10.8 Å². The van der Waals surface area contributed by atoms with E-state index in [4.69, 9.17) is 0 Å². The molecule has 2 unspecified atom stereocenters. The van der Waals surface area contributed by atoms with Crippen LogP contribution in [0.4, 0.5) is 4.39 Å². The van der Waals surface area contributed by atoms with Crippen LogP contribution in [-0.2, 0) is 9.59 Å². The van der Waals surface area contributed by atoms with Crippen LogP contribution in [0.5, 0.6) is 0 Å². The highest BCUT2D eigenvalue weighted by atomic mass is 19.1. The first kappa shape index (κ1) is 19.8. The number of amides is 2. The topological polar surface area (TPSA) is 58.2 Å². The second-order valence-electron chi connectivity index (χ2n) is 11.3. The van der Waals surface area contributed by atoms with Crippen LogP contribution < -0.4 is 10.6 Å². The van der Waals surface area contributed by atoms with Crippen molar-refractivity contribution in [3.05, 3.63) is 0 Å². The van der Waals surface area contributed by atoms with Crippen molar-refractivity contribution in [3.63, 3.8) is 0 Å². The van der Waals surface area contributed by atoms with Gasteiger partial charge in [-0.1, -0.05) is 38.5 Å². The molecule has 6 saturated carbocycles. The minimum absolute atomic E-state index is 0.0466. The van der Waals surface area contributed by atoms with E-state index in [-0.39, 0.29) is 29.8 Å². The predicted octanol–water partition coefficient (Wildman–Crippen LogP) is 4.56. The van der Waals surface area contributed by atoms with Gasteiger partial charge in [0, 0.05) is 12.1 Å². The second-order valence-corrected chi connectivity index (χ2v) is 11.3. The summed E-state index contributed by atoms with van der Waals surface area (Å²) in [6.07, 6.45) is 14.6. The van der Waals surface area contributed by atoms with E-state index in [9.17, 15) is 9.59 Å². The number of nitrogens with one attached hydrogen (secondary N) is 2. The van der Waals surface area contributed by atoms with Crippen LogP contribution in [-0.4, -0.2) is 29.6 Å². The Labute approximate surface area is 174 Å². The van der Waals surface area contributed by atoms with Crippen molar-refractivity contribution in [1.29, 1.82) is 0 Å². The first-order valence-electron chi connectivity index (χ1n) is 12.2. The molecular weight excluding hydrogens is 367 g/mol. The quantitative estimate of drug-likeness (QED) is 0.721. The lowest BCUT2D eigenvalue weighted by molar-refractivity contribution is -0.188. The van der Waals surface area contributed by atoms with Crippen LogP contribution >= 0.6 is 0 Å². The number of halogens is 1. The average molecular weight is 405 g/mol. The smallest absolute Gasteiger partial charge is 0.226 e. The fourth-order valence-corrected chi connectivity index (χ4v) is 8.00. The Morgan fingerprint density at radius 3 is 1.52 bits per heavy atom. The third-order valence-corrected chi connectivity index (χ3v) is 8.84. The fourth-order valence-electron chi connectivity index (χ4n) is 8.00. The number of hydrogen-bond donors (Lipinski definition) is 2. The third kappa shape index (κ3) is 3.61. The molecule has 0 aliphatic heterocycles. The fraction of sp³-hybridized carbons (Fsp3) is 0.917. The van der Waals surface area contributed by atoms with Crippen LogP contribution in [0.1, 0.15) is 103 Å². The Hall–Kier alpha value is -1.13. The van der Waals surface area contributed by atoms with Crippen molar-refractivity contribution in [2.45, 2.75) is 120 Å². The van der Waals surface area contributed by atoms with Gasteiger partial charge in [-0.25, -0.2) is 4.39 Å². The number of hydrogen-bond acceptors (Lipinski definition) is 2. The summed E-state index contributed by atoms with van der Waals surface area (Å²) in [7, 11) is 0. The van der Waals surface area contributed by atoms with Gasteiger partial charge in [-0.05, 0) is 70.1 Å². The molecule has 0 radical (unpaired) electrons. The molecule has 2 atom stereocenters. The predicted molar refractivity (Wildman–Crippen MR) is 110 cm³/mol. The highest BCUT2D eigenvalue weighted by molar-refractivity contribution is 5.88. The largest absolute Gasteiger partial charge is 0.353 e. The third-order valence-electron chi connectivity index (χ3n) is 8.84. The number of rotatable bonds is 4. The van der Waals surface area contributed by atoms with E-state index in [0.717, 1.165) is 38.5 Å². The summed E-state index contributed by atoms with van der Waals surface area (Å²) < 4.78 is 15.9. The van der Waals surface area contributed by atoms with Crippen molar-refractivity contribution in [3.8, 4) is 0 Å². The van der Waals surface area contributed by atoms with Crippen molar-refractivity contribution in [2.75, 3.05) is 0 Å². The summed E-state index contributed by atoms with van der Waals surface area (Å²) >= 11 is 0. The Bertz CT molecular complexity index is 620. The van der Waals surface area contributed by atoms with Gasteiger partial charge >= 0.3 is 0 Å². The van der Waals surface area contributed by atoms with E-state index in [0.29, 0.717) is 25.7 Å². The molecule has 6 aliphatic rings. The lowest BCUT2D eigenvalue weighted by Crippen LogP contribution is -2.66. The lowest BCUT2D eigenvalue weighted by Gasteiger charge is -2.62. The first-order chi connectivity index (χ1) is 13.9. The van der Waals surface area contributed by atoms with Crippen LogP contribution in [0, 0.1) is 16.7 Å². The van der Waals surface area contributed by atoms with Crippen molar-refractivity contribution in [1.82, 2.24) is 10.6 Å². The van der Waals surface area contributed by atoms with E-state index in [1.54, 1.807) is 0 Å². The summed E-state index contributed by atoms with van der Waals surface area (Å²) in [5, 5.41) is 6.59. The average Bonchev–Trinajstić information content (AvgIpc) is 2.68. The van der Waals surface area contributed by atoms with E-state index in [1.807, 2.05) is 0 Å². The minimum atomic E-state index is -1.34. The molecule has 6 aliphatic carbocycles. The molecule has 0 aromatic rings. The van der Waals surface area contributed by atoms with Crippen molar-refractivity contribution in [2.24, 2.45) is 16.7 Å². The molecule has 0 heterocycles.